The van der Waals surface area contributed by atoms with Crippen LogP contribution in [0.4, 0.5) is 5.69 Å². The summed E-state index contributed by atoms with van der Waals surface area (Å²) in [6.45, 7) is 4.24. The normalized spacial score (nSPS) is 16.4. The van der Waals surface area contributed by atoms with Crippen molar-refractivity contribution in [1.29, 1.82) is 0 Å². The molecule has 0 aliphatic carbocycles. The summed E-state index contributed by atoms with van der Waals surface area (Å²) in [6.07, 6.45) is -0.386. The molecule has 0 saturated carbocycles. The van der Waals surface area contributed by atoms with E-state index in [1.54, 1.807) is 17.9 Å². The average molecular weight is 493 g/mol. The highest BCUT2D eigenvalue weighted by molar-refractivity contribution is 6.20. The molecule has 8 heteroatoms. The number of nitrogens with zero attached hydrogens (tertiary/aromatic N) is 4. The molecule has 37 heavy (non-hydrogen) atoms. The summed E-state index contributed by atoms with van der Waals surface area (Å²) in [5, 5.41) is 0.294. The first kappa shape index (κ1) is 22.8. The summed E-state index contributed by atoms with van der Waals surface area (Å²) in [7, 11) is 1.30. The second kappa shape index (κ2) is 8.51. The number of amides is 1. The van der Waals surface area contributed by atoms with E-state index >= 15 is 0 Å². The predicted molar refractivity (Wildman–Crippen MR) is 140 cm³/mol. The highest BCUT2D eigenvalue weighted by atomic mass is 16.5. The van der Waals surface area contributed by atoms with Crippen LogP contribution in [0.15, 0.2) is 70.5 Å². The molecule has 8 nitrogen and oxygen atoms in total. The van der Waals surface area contributed by atoms with Gasteiger partial charge in [-0.15, -0.1) is 0 Å². The number of fused-ring (bicyclic) bond motifs is 1. The van der Waals surface area contributed by atoms with Crippen molar-refractivity contribution < 1.29 is 14.3 Å². The fourth-order valence-corrected chi connectivity index (χ4v) is 5.33. The molecule has 0 bridgehead atoms. The molecule has 0 saturated heterocycles. The van der Waals surface area contributed by atoms with E-state index in [1.807, 2.05) is 37.3 Å². The van der Waals surface area contributed by atoms with E-state index in [0.717, 1.165) is 34.4 Å². The molecule has 1 aromatic heterocycles. The molecule has 3 heterocycles. The van der Waals surface area contributed by atoms with Gasteiger partial charge in [0.05, 0.1) is 35.0 Å². The number of aryl methyl sites for hydroxylation is 2. The van der Waals surface area contributed by atoms with Gasteiger partial charge in [0.1, 0.15) is 5.82 Å². The Balaban J connectivity index is 1.61. The molecule has 0 spiro atoms. The first-order valence-corrected chi connectivity index (χ1v) is 12.1. The fourth-order valence-electron chi connectivity index (χ4n) is 5.33. The second-order valence-corrected chi connectivity index (χ2v) is 9.34. The number of hydrogen-bond acceptors (Lipinski definition) is 6. The van der Waals surface area contributed by atoms with Crippen molar-refractivity contribution in [3.8, 4) is 0 Å². The molecular weight excluding hydrogens is 468 g/mol. The van der Waals surface area contributed by atoms with Crippen LogP contribution in [0.2, 0.25) is 0 Å². The summed E-state index contributed by atoms with van der Waals surface area (Å²) < 4.78 is 6.16. The standard InChI is InChI=1S/C29H24N4O4/c1-16-13-19-11-12-32-25(19)22(14-16)24(18-7-5-4-6-8-18)31-26(28(32)35)33-17(2)30-23-15-20(29(36)37-3)9-10-21(23)27(33)34/h4-10,13-15,26H,11-12H2,1-3H3. The van der Waals surface area contributed by atoms with E-state index in [1.165, 1.54) is 23.8 Å². The number of aliphatic imine (C=N–C) groups is 1. The van der Waals surface area contributed by atoms with Gasteiger partial charge < -0.3 is 9.64 Å². The number of ether oxygens (including phenoxy) is 1. The molecule has 0 radical (unpaired) electrons. The molecule has 3 aromatic carbocycles. The predicted octanol–water partition coefficient (Wildman–Crippen LogP) is 3.74. The Bertz CT molecular complexity index is 1710. The Hall–Kier alpha value is -4.59. The third kappa shape index (κ3) is 3.56. The van der Waals surface area contributed by atoms with E-state index < -0.39 is 17.7 Å². The van der Waals surface area contributed by atoms with Gasteiger partial charge in [0, 0.05) is 17.7 Å². The summed E-state index contributed by atoms with van der Waals surface area (Å²) in [4.78, 5) is 51.1. The molecule has 6 rings (SSSR count). The molecule has 2 aliphatic rings. The van der Waals surface area contributed by atoms with Crippen molar-refractivity contribution >= 4 is 34.2 Å². The average Bonchev–Trinajstić information content (AvgIpc) is 3.28. The van der Waals surface area contributed by atoms with Gasteiger partial charge in [0.2, 0.25) is 6.17 Å². The van der Waals surface area contributed by atoms with Crippen molar-refractivity contribution in [2.45, 2.75) is 26.4 Å². The molecule has 0 fully saturated rings. The number of carbonyl (C=O) groups is 2. The van der Waals surface area contributed by atoms with Gasteiger partial charge in [-0.2, -0.15) is 0 Å². The molecular formula is C29H24N4O4. The minimum atomic E-state index is -1.13. The van der Waals surface area contributed by atoms with E-state index in [4.69, 9.17) is 9.73 Å². The Morgan fingerprint density at radius 2 is 1.81 bits per heavy atom. The van der Waals surface area contributed by atoms with Crippen LogP contribution in [-0.4, -0.2) is 40.8 Å². The maximum absolute atomic E-state index is 14.0. The molecule has 1 atom stereocenters. The second-order valence-electron chi connectivity index (χ2n) is 9.34. The molecule has 1 unspecified atom stereocenters. The van der Waals surface area contributed by atoms with Crippen molar-refractivity contribution in [2.75, 3.05) is 18.6 Å². The topological polar surface area (TPSA) is 93.9 Å². The van der Waals surface area contributed by atoms with Crippen LogP contribution in [0.3, 0.4) is 0 Å². The van der Waals surface area contributed by atoms with Crippen LogP contribution < -0.4 is 10.5 Å². The van der Waals surface area contributed by atoms with E-state index in [0.29, 0.717) is 34.5 Å². The van der Waals surface area contributed by atoms with Crippen molar-refractivity contribution in [1.82, 2.24) is 9.55 Å². The smallest absolute Gasteiger partial charge is 0.337 e. The van der Waals surface area contributed by atoms with E-state index in [-0.39, 0.29) is 5.91 Å². The number of carbonyl (C=O) groups excluding carboxylic acids is 2. The summed E-state index contributed by atoms with van der Waals surface area (Å²) >= 11 is 0. The Kier molecular flexibility index (Phi) is 5.26. The van der Waals surface area contributed by atoms with Gasteiger partial charge in [0.15, 0.2) is 0 Å². The van der Waals surface area contributed by atoms with Crippen LogP contribution in [0.1, 0.15) is 44.6 Å². The maximum atomic E-state index is 14.0. The number of aromatic nitrogens is 2. The largest absolute Gasteiger partial charge is 0.465 e. The van der Waals surface area contributed by atoms with Gasteiger partial charge in [-0.05, 0) is 50.1 Å². The lowest BCUT2D eigenvalue weighted by Crippen LogP contribution is -2.39. The monoisotopic (exact) mass is 492 g/mol. The molecule has 184 valence electrons. The van der Waals surface area contributed by atoms with Crippen molar-refractivity contribution in [3.63, 3.8) is 0 Å². The van der Waals surface area contributed by atoms with Crippen molar-refractivity contribution in [3.05, 3.63) is 105 Å². The third-order valence-corrected chi connectivity index (χ3v) is 6.99. The molecule has 2 aliphatic heterocycles. The lowest BCUT2D eigenvalue weighted by Gasteiger charge is -2.23. The molecule has 1 amide bonds. The van der Waals surface area contributed by atoms with Crippen LogP contribution >= 0.6 is 0 Å². The van der Waals surface area contributed by atoms with Gasteiger partial charge in [-0.3, -0.25) is 14.2 Å². The van der Waals surface area contributed by atoms with Crippen LogP contribution in [0.5, 0.6) is 0 Å². The van der Waals surface area contributed by atoms with E-state index in [2.05, 4.69) is 17.1 Å². The molecule has 4 aromatic rings. The SMILES string of the molecule is COC(=O)c1ccc2c(=O)n(C3N=C(c4ccccc4)c4cc(C)cc5c4N(CC5)C3=O)c(C)nc2c1. The van der Waals surface area contributed by atoms with Crippen LogP contribution in [0.25, 0.3) is 10.9 Å². The lowest BCUT2D eigenvalue weighted by atomic mass is 9.96. The minimum Gasteiger partial charge on any atom is -0.465 e. The Morgan fingerprint density at radius 1 is 1.03 bits per heavy atom. The highest BCUT2D eigenvalue weighted by Gasteiger charge is 2.38. The van der Waals surface area contributed by atoms with Crippen LogP contribution in [-0.2, 0) is 16.0 Å². The molecule has 0 N–H and O–H groups in total. The van der Waals surface area contributed by atoms with Crippen molar-refractivity contribution in [2.24, 2.45) is 4.99 Å². The first-order valence-electron chi connectivity index (χ1n) is 12.1. The summed E-state index contributed by atoms with van der Waals surface area (Å²) in [6, 6.07) is 18.5. The first-order chi connectivity index (χ1) is 17.9. The lowest BCUT2D eigenvalue weighted by molar-refractivity contribution is -0.121. The highest BCUT2D eigenvalue weighted by Crippen LogP contribution is 2.39. The minimum absolute atomic E-state index is 0.271. The Labute approximate surface area is 212 Å². The number of methoxy groups -OCH3 is 1. The summed E-state index contributed by atoms with van der Waals surface area (Å²) in [5.74, 6) is -0.456. The fraction of sp³-hybridized carbons (Fsp3) is 0.207. The van der Waals surface area contributed by atoms with Crippen LogP contribution in [0, 0.1) is 13.8 Å². The quantitative estimate of drug-likeness (QED) is 0.406. The van der Waals surface area contributed by atoms with Gasteiger partial charge in [-0.25, -0.2) is 14.8 Å². The number of esters is 1. The van der Waals surface area contributed by atoms with Gasteiger partial charge in [0.25, 0.3) is 11.5 Å². The summed E-state index contributed by atoms with van der Waals surface area (Å²) in [5.41, 5.74) is 5.73. The zero-order chi connectivity index (χ0) is 25.8. The maximum Gasteiger partial charge on any atom is 0.337 e. The number of rotatable bonds is 3. The number of benzene rings is 3. The third-order valence-electron chi connectivity index (χ3n) is 6.99. The Morgan fingerprint density at radius 3 is 2.57 bits per heavy atom. The number of anilines is 1. The van der Waals surface area contributed by atoms with Gasteiger partial charge in [-0.1, -0.05) is 42.0 Å². The zero-order valence-electron chi connectivity index (χ0n) is 20.7. The van der Waals surface area contributed by atoms with E-state index in [9.17, 15) is 14.4 Å². The number of hydrogen-bond donors (Lipinski definition) is 0. The van der Waals surface area contributed by atoms with Gasteiger partial charge >= 0.3 is 5.97 Å². The zero-order valence-corrected chi connectivity index (χ0v) is 20.7.